The number of rotatable bonds is 9. The van der Waals surface area contributed by atoms with Crippen molar-refractivity contribution in [1.29, 1.82) is 0 Å². The molecule has 0 aliphatic heterocycles. The normalized spacial score (nSPS) is 13.4. The first-order valence-electron chi connectivity index (χ1n) is 14.6. The number of hydrogen-bond donors (Lipinski definition) is 2. The third-order valence-electron chi connectivity index (χ3n) is 6.23. The Balaban J connectivity index is 2.17. The monoisotopic (exact) mass is 619 g/mol. The Hall–Kier alpha value is -3.89. The van der Waals surface area contributed by atoms with Crippen LogP contribution in [0.3, 0.4) is 0 Å². The highest BCUT2D eigenvalue weighted by molar-refractivity contribution is 6.48. The molecule has 0 spiro atoms. The third-order valence-corrected chi connectivity index (χ3v) is 7.04. The standard InChI is InChI=1S/C35H45NO7Si/c1-23(32(38)39)28-20-24(18-26(21-28)15-16-29(34(2,3)4)43-44(8)9)13-11-17-41-30(37)22-25-12-10-14-27(19-25)31(36)33(40)42-35(5,6)7/h10,12,14,18-21,23,29,31,44H,17,22,36H2,1-9H3,(H,38,39). The molecule has 0 heterocycles. The van der Waals surface area contributed by atoms with Gasteiger partial charge in [0.1, 0.15) is 17.7 Å². The van der Waals surface area contributed by atoms with E-state index in [0.29, 0.717) is 27.8 Å². The predicted molar refractivity (Wildman–Crippen MR) is 173 cm³/mol. The molecular weight excluding hydrogens is 574 g/mol. The minimum atomic E-state index is -1.34. The van der Waals surface area contributed by atoms with Gasteiger partial charge in [0.2, 0.25) is 0 Å². The number of esters is 2. The van der Waals surface area contributed by atoms with E-state index in [0.717, 1.165) is 0 Å². The van der Waals surface area contributed by atoms with Gasteiger partial charge in [0.15, 0.2) is 15.6 Å². The van der Waals surface area contributed by atoms with E-state index in [2.05, 4.69) is 57.5 Å². The molecule has 2 aromatic rings. The second-order valence-electron chi connectivity index (χ2n) is 13.0. The minimum absolute atomic E-state index is 0.0296. The van der Waals surface area contributed by atoms with E-state index in [1.54, 1.807) is 70.2 Å². The number of benzene rings is 2. The molecule has 8 nitrogen and oxygen atoms in total. The van der Waals surface area contributed by atoms with Crippen molar-refractivity contribution in [3.05, 3.63) is 70.3 Å². The van der Waals surface area contributed by atoms with Gasteiger partial charge in [-0.3, -0.25) is 9.59 Å². The molecule has 2 aromatic carbocycles. The average molecular weight is 620 g/mol. The second-order valence-corrected chi connectivity index (χ2v) is 15.4. The van der Waals surface area contributed by atoms with Gasteiger partial charge < -0.3 is 24.7 Å². The molecule has 236 valence electrons. The summed E-state index contributed by atoms with van der Waals surface area (Å²) in [5, 5.41) is 9.58. The van der Waals surface area contributed by atoms with Crippen LogP contribution in [0.1, 0.15) is 88.2 Å². The van der Waals surface area contributed by atoms with Crippen molar-refractivity contribution in [2.45, 2.75) is 91.6 Å². The summed E-state index contributed by atoms with van der Waals surface area (Å²) < 4.78 is 16.8. The fourth-order valence-electron chi connectivity index (χ4n) is 3.93. The number of carbonyl (C=O) groups is 3. The predicted octanol–water partition coefficient (Wildman–Crippen LogP) is 5.12. The number of carbonyl (C=O) groups excluding carboxylic acids is 2. The first-order chi connectivity index (χ1) is 20.4. The zero-order valence-electron chi connectivity index (χ0n) is 27.2. The Morgan fingerprint density at radius 3 is 2.16 bits per heavy atom. The van der Waals surface area contributed by atoms with Crippen LogP contribution in [0.25, 0.3) is 0 Å². The van der Waals surface area contributed by atoms with Gasteiger partial charge in [0.05, 0.1) is 12.3 Å². The highest BCUT2D eigenvalue weighted by Gasteiger charge is 2.25. The molecule has 0 amide bonds. The largest absolute Gasteiger partial charge is 0.481 e. The van der Waals surface area contributed by atoms with Crippen LogP contribution in [0, 0.1) is 29.1 Å². The lowest BCUT2D eigenvalue weighted by molar-refractivity contribution is -0.156. The number of aliphatic carboxylic acids is 1. The Morgan fingerprint density at radius 2 is 1.59 bits per heavy atom. The van der Waals surface area contributed by atoms with Gasteiger partial charge in [-0.25, -0.2) is 4.79 Å². The fourth-order valence-corrected chi connectivity index (χ4v) is 4.96. The van der Waals surface area contributed by atoms with Crippen LogP contribution in [0.5, 0.6) is 0 Å². The van der Waals surface area contributed by atoms with E-state index in [9.17, 15) is 19.5 Å². The van der Waals surface area contributed by atoms with Gasteiger partial charge in [-0.2, -0.15) is 0 Å². The van der Waals surface area contributed by atoms with Crippen LogP contribution in [-0.4, -0.2) is 50.4 Å². The molecule has 0 aliphatic carbocycles. The van der Waals surface area contributed by atoms with Crippen molar-refractivity contribution in [2.75, 3.05) is 6.61 Å². The number of hydrogen-bond acceptors (Lipinski definition) is 7. The van der Waals surface area contributed by atoms with E-state index in [4.69, 9.17) is 19.6 Å². The summed E-state index contributed by atoms with van der Waals surface area (Å²) in [5.74, 6) is 9.42. The summed E-state index contributed by atoms with van der Waals surface area (Å²) >= 11 is 0. The van der Waals surface area contributed by atoms with Gasteiger partial charge in [0, 0.05) is 11.1 Å². The van der Waals surface area contributed by atoms with Gasteiger partial charge in [0.25, 0.3) is 0 Å². The third kappa shape index (κ3) is 12.4. The maximum atomic E-state index is 12.5. The Morgan fingerprint density at radius 1 is 0.955 bits per heavy atom. The number of ether oxygens (including phenoxy) is 2. The van der Waals surface area contributed by atoms with E-state index in [-0.39, 0.29) is 24.5 Å². The van der Waals surface area contributed by atoms with Crippen LogP contribution < -0.4 is 5.73 Å². The molecule has 3 unspecified atom stereocenters. The SMILES string of the molecule is CC(C(=O)O)c1cc(C#CCOC(=O)Cc2cccc(C(N)C(=O)OC(C)(C)C)c2)cc(C#CC(O[SiH](C)C)C(C)(C)C)c1. The lowest BCUT2D eigenvalue weighted by Crippen LogP contribution is -2.31. The molecule has 0 aliphatic rings. The molecule has 2 rings (SSSR count). The quantitative estimate of drug-likeness (QED) is 0.225. The van der Waals surface area contributed by atoms with Crippen molar-refractivity contribution in [3.63, 3.8) is 0 Å². The van der Waals surface area contributed by atoms with Crippen molar-refractivity contribution >= 4 is 26.9 Å². The van der Waals surface area contributed by atoms with E-state index >= 15 is 0 Å². The number of carboxylic acid groups (broad SMARTS) is 1. The fraction of sp³-hybridized carbons (Fsp3) is 0.457. The molecule has 44 heavy (non-hydrogen) atoms. The minimum Gasteiger partial charge on any atom is -0.481 e. The van der Waals surface area contributed by atoms with E-state index in [1.165, 1.54) is 0 Å². The average Bonchev–Trinajstić information content (AvgIpc) is 2.90. The molecule has 9 heteroatoms. The Labute approximate surface area is 263 Å². The Bertz CT molecular complexity index is 1460. The Kier molecular flexibility index (Phi) is 13.0. The van der Waals surface area contributed by atoms with Gasteiger partial charge in [-0.15, -0.1) is 0 Å². The zero-order valence-corrected chi connectivity index (χ0v) is 28.4. The lowest BCUT2D eigenvalue weighted by Gasteiger charge is -2.28. The number of carboxylic acids is 1. The topological polar surface area (TPSA) is 125 Å². The summed E-state index contributed by atoms with van der Waals surface area (Å²) in [4.78, 5) is 36.5. The van der Waals surface area contributed by atoms with Crippen LogP contribution in [0.2, 0.25) is 13.1 Å². The molecule has 3 N–H and O–H groups in total. The van der Waals surface area contributed by atoms with Gasteiger partial charge in [-0.1, -0.05) is 68.7 Å². The molecule has 0 radical (unpaired) electrons. The molecule has 0 saturated heterocycles. The van der Waals surface area contributed by atoms with Crippen molar-refractivity contribution in [3.8, 4) is 23.7 Å². The van der Waals surface area contributed by atoms with Crippen molar-refractivity contribution in [1.82, 2.24) is 0 Å². The lowest BCUT2D eigenvalue weighted by atomic mass is 9.89. The zero-order chi connectivity index (χ0) is 33.2. The summed E-state index contributed by atoms with van der Waals surface area (Å²) in [6, 6.07) is 11.1. The summed E-state index contributed by atoms with van der Waals surface area (Å²) in [6.45, 7) is 17.1. The smallest absolute Gasteiger partial charge is 0.328 e. The molecule has 3 atom stereocenters. The van der Waals surface area contributed by atoms with Crippen molar-refractivity contribution in [2.24, 2.45) is 11.1 Å². The second kappa shape index (κ2) is 15.7. The first-order valence-corrected chi connectivity index (χ1v) is 17.4. The highest BCUT2D eigenvalue weighted by atomic mass is 28.3. The van der Waals surface area contributed by atoms with Crippen LogP contribution >= 0.6 is 0 Å². The van der Waals surface area contributed by atoms with Crippen LogP contribution in [0.4, 0.5) is 0 Å². The van der Waals surface area contributed by atoms with Gasteiger partial charge >= 0.3 is 17.9 Å². The maximum Gasteiger partial charge on any atom is 0.328 e. The first kappa shape index (κ1) is 36.3. The molecule has 0 bridgehead atoms. The van der Waals surface area contributed by atoms with E-state index in [1.807, 2.05) is 0 Å². The maximum absolute atomic E-state index is 12.5. The summed E-state index contributed by atoms with van der Waals surface area (Å²) in [7, 11) is -1.34. The van der Waals surface area contributed by atoms with Crippen LogP contribution in [-0.2, 0) is 34.7 Å². The van der Waals surface area contributed by atoms with Crippen molar-refractivity contribution < 1.29 is 33.4 Å². The molecule has 0 saturated carbocycles. The summed E-state index contributed by atoms with van der Waals surface area (Å²) in [6.07, 6.45) is -0.296. The molecular formula is C35H45NO7Si. The van der Waals surface area contributed by atoms with Gasteiger partial charge in [-0.05, 0) is 81.1 Å². The molecule has 0 aromatic heterocycles. The summed E-state index contributed by atoms with van der Waals surface area (Å²) in [5.41, 5.74) is 8.15. The van der Waals surface area contributed by atoms with Crippen LogP contribution in [0.15, 0.2) is 42.5 Å². The number of nitrogens with two attached hydrogens (primary N) is 1. The molecule has 0 fully saturated rings. The van der Waals surface area contributed by atoms with E-state index < -0.39 is 44.5 Å². The highest BCUT2D eigenvalue weighted by Crippen LogP contribution is 2.24.